The summed E-state index contributed by atoms with van der Waals surface area (Å²) < 4.78 is 5.26. The van der Waals surface area contributed by atoms with Crippen molar-refractivity contribution in [1.82, 2.24) is 5.32 Å². The molecule has 1 amide bonds. The highest BCUT2D eigenvalue weighted by Gasteiger charge is 2.28. The third-order valence-corrected chi connectivity index (χ3v) is 6.68. The summed E-state index contributed by atoms with van der Waals surface area (Å²) in [4.78, 5) is 22.9. The highest BCUT2D eigenvalue weighted by Crippen LogP contribution is 2.14. The Hall–Kier alpha value is -1.32. The Bertz CT molecular complexity index is 503. The molecule has 192 valence electrons. The van der Waals surface area contributed by atoms with Gasteiger partial charge in [0.1, 0.15) is 6.04 Å². The summed E-state index contributed by atoms with van der Waals surface area (Å²) in [5.41, 5.74) is 0. The van der Waals surface area contributed by atoms with Gasteiger partial charge in [-0.05, 0) is 38.5 Å². The summed E-state index contributed by atoms with van der Waals surface area (Å²) in [6.07, 6.45) is 32.3. The number of nitrogens with one attached hydrogen (secondary N) is 1. The third kappa shape index (κ3) is 18.8. The predicted molar refractivity (Wildman–Crippen MR) is 139 cm³/mol. The fourth-order valence-electron chi connectivity index (χ4n) is 4.47. The van der Waals surface area contributed by atoms with Crippen LogP contribution in [0.5, 0.6) is 0 Å². The normalized spacial score (nSPS) is 15.9. The van der Waals surface area contributed by atoms with Crippen LogP contribution in [-0.2, 0) is 14.3 Å². The second-order valence-corrected chi connectivity index (χ2v) is 9.89. The van der Waals surface area contributed by atoms with Crippen LogP contribution < -0.4 is 5.32 Å². The number of carbonyl (C=O) groups excluding carboxylic acids is 2. The Kier molecular flexibility index (Phi) is 20.2. The van der Waals surface area contributed by atoms with Crippen LogP contribution in [0.3, 0.4) is 0 Å². The van der Waals surface area contributed by atoms with Crippen molar-refractivity contribution in [2.24, 2.45) is 0 Å². The zero-order chi connectivity index (χ0) is 23.8. The minimum absolute atomic E-state index is 0.0429. The Morgan fingerprint density at radius 3 is 1.67 bits per heavy atom. The number of amides is 1. The van der Waals surface area contributed by atoms with E-state index in [-0.39, 0.29) is 11.9 Å². The molecule has 0 aromatic carbocycles. The minimum atomic E-state index is -0.408. The van der Waals surface area contributed by atoms with Crippen molar-refractivity contribution < 1.29 is 14.3 Å². The van der Waals surface area contributed by atoms with Crippen molar-refractivity contribution in [2.45, 2.75) is 154 Å². The molecule has 0 aromatic rings. The summed E-state index contributed by atoms with van der Waals surface area (Å²) in [7, 11) is 0. The van der Waals surface area contributed by atoms with Crippen molar-refractivity contribution in [1.29, 1.82) is 0 Å². The summed E-state index contributed by atoms with van der Waals surface area (Å²) in [5.74, 6) is -0.306. The van der Waals surface area contributed by atoms with Gasteiger partial charge in [0.25, 0.3) is 0 Å². The summed E-state index contributed by atoms with van der Waals surface area (Å²) in [6, 6.07) is -0.408. The number of hydrogen-bond acceptors (Lipinski definition) is 3. The van der Waals surface area contributed by atoms with Crippen LogP contribution >= 0.6 is 0 Å². The molecule has 4 nitrogen and oxygen atoms in total. The van der Waals surface area contributed by atoms with Crippen LogP contribution in [0.2, 0.25) is 0 Å². The molecule has 0 bridgehead atoms. The molecule has 1 saturated heterocycles. The quantitative estimate of drug-likeness (QED) is 0.0944. The van der Waals surface area contributed by atoms with Crippen LogP contribution in [-0.4, -0.2) is 24.5 Å². The third-order valence-electron chi connectivity index (χ3n) is 6.68. The van der Waals surface area contributed by atoms with Gasteiger partial charge >= 0.3 is 5.97 Å². The van der Waals surface area contributed by atoms with E-state index in [0.29, 0.717) is 19.4 Å². The Balaban J connectivity index is 1.70. The van der Waals surface area contributed by atoms with E-state index in [0.717, 1.165) is 12.8 Å². The van der Waals surface area contributed by atoms with Crippen molar-refractivity contribution >= 4 is 11.9 Å². The lowest BCUT2D eigenvalue weighted by Crippen LogP contribution is -2.34. The number of allylic oxidation sites excluding steroid dienone is 2. The maximum Gasteiger partial charge on any atom is 0.328 e. The zero-order valence-electron chi connectivity index (χ0n) is 21.7. The average molecular weight is 464 g/mol. The minimum Gasteiger partial charge on any atom is -0.464 e. The van der Waals surface area contributed by atoms with Gasteiger partial charge in [-0.1, -0.05) is 115 Å². The standard InChI is InChI=1S/C29H53NO3/c1-2-3-4-5-6-7-8-9-10-11-12-13-14-15-16-17-18-19-20-21-22-23-26-33-29(32)27-24-25-28(31)30-27/h9-10,27H,2-8,11-26H2,1H3,(H,30,31)/b10-9+. The Morgan fingerprint density at radius 2 is 1.21 bits per heavy atom. The van der Waals surface area contributed by atoms with E-state index in [1.807, 2.05) is 0 Å². The molecule has 0 aromatic heterocycles. The molecule has 4 heteroatoms. The molecule has 1 unspecified atom stereocenters. The van der Waals surface area contributed by atoms with Gasteiger partial charge in [-0.25, -0.2) is 4.79 Å². The molecule has 0 aliphatic carbocycles. The fourth-order valence-corrected chi connectivity index (χ4v) is 4.47. The molecule has 1 heterocycles. The van der Waals surface area contributed by atoms with Crippen LogP contribution in [0.4, 0.5) is 0 Å². The van der Waals surface area contributed by atoms with Gasteiger partial charge in [0.15, 0.2) is 0 Å². The van der Waals surface area contributed by atoms with Crippen LogP contribution in [0.25, 0.3) is 0 Å². The lowest BCUT2D eigenvalue weighted by molar-refractivity contribution is -0.146. The Labute approximate surface area is 204 Å². The molecule has 1 atom stereocenters. The van der Waals surface area contributed by atoms with Gasteiger partial charge in [-0.15, -0.1) is 0 Å². The van der Waals surface area contributed by atoms with E-state index in [1.54, 1.807) is 0 Å². The van der Waals surface area contributed by atoms with E-state index >= 15 is 0 Å². The summed E-state index contributed by atoms with van der Waals surface area (Å²) >= 11 is 0. The highest BCUT2D eigenvalue weighted by atomic mass is 16.5. The van der Waals surface area contributed by atoms with Gasteiger partial charge in [-0.2, -0.15) is 0 Å². The number of unbranched alkanes of at least 4 members (excludes halogenated alkanes) is 18. The fraction of sp³-hybridized carbons (Fsp3) is 0.862. The number of esters is 1. The molecular formula is C29H53NO3. The lowest BCUT2D eigenvalue weighted by atomic mass is 10.0. The van der Waals surface area contributed by atoms with Crippen molar-refractivity contribution in [3.63, 3.8) is 0 Å². The molecule has 1 aliphatic rings. The topological polar surface area (TPSA) is 55.4 Å². The van der Waals surface area contributed by atoms with E-state index in [9.17, 15) is 9.59 Å². The maximum absolute atomic E-state index is 11.8. The van der Waals surface area contributed by atoms with E-state index < -0.39 is 6.04 Å². The van der Waals surface area contributed by atoms with E-state index in [4.69, 9.17) is 4.74 Å². The second-order valence-electron chi connectivity index (χ2n) is 9.89. The van der Waals surface area contributed by atoms with Gasteiger partial charge in [-0.3, -0.25) is 4.79 Å². The predicted octanol–water partition coefficient (Wildman–Crippen LogP) is 8.19. The smallest absolute Gasteiger partial charge is 0.328 e. The van der Waals surface area contributed by atoms with Crippen LogP contribution in [0.15, 0.2) is 12.2 Å². The van der Waals surface area contributed by atoms with E-state index in [1.165, 1.54) is 116 Å². The van der Waals surface area contributed by atoms with Crippen LogP contribution in [0, 0.1) is 0 Å². The first-order valence-corrected chi connectivity index (χ1v) is 14.3. The molecule has 33 heavy (non-hydrogen) atoms. The number of ether oxygens (including phenoxy) is 1. The lowest BCUT2D eigenvalue weighted by Gasteiger charge is -2.09. The molecule has 0 spiro atoms. The van der Waals surface area contributed by atoms with Crippen molar-refractivity contribution in [3.05, 3.63) is 12.2 Å². The molecule has 0 saturated carbocycles. The molecule has 1 aliphatic heterocycles. The molecule has 0 radical (unpaired) electrons. The molecule has 1 rings (SSSR count). The zero-order valence-corrected chi connectivity index (χ0v) is 21.7. The van der Waals surface area contributed by atoms with Crippen LogP contribution in [0.1, 0.15) is 148 Å². The van der Waals surface area contributed by atoms with E-state index in [2.05, 4.69) is 24.4 Å². The second kappa shape index (κ2) is 22.5. The first kappa shape index (κ1) is 29.7. The number of carbonyl (C=O) groups is 2. The van der Waals surface area contributed by atoms with Gasteiger partial charge in [0.05, 0.1) is 6.61 Å². The first-order valence-electron chi connectivity index (χ1n) is 14.3. The molecule has 1 N–H and O–H groups in total. The SMILES string of the molecule is CCCCCCCC/C=C/CCCCCCCCCCCCCCOC(=O)C1CCC(=O)N1. The molecular weight excluding hydrogens is 410 g/mol. The van der Waals surface area contributed by atoms with Gasteiger partial charge in [0.2, 0.25) is 5.91 Å². The number of rotatable bonds is 23. The maximum atomic E-state index is 11.8. The monoisotopic (exact) mass is 463 g/mol. The largest absolute Gasteiger partial charge is 0.464 e. The molecule has 1 fully saturated rings. The van der Waals surface area contributed by atoms with Crippen molar-refractivity contribution in [2.75, 3.05) is 6.61 Å². The summed E-state index contributed by atoms with van der Waals surface area (Å²) in [5, 5.41) is 2.65. The van der Waals surface area contributed by atoms with Gasteiger partial charge < -0.3 is 10.1 Å². The number of hydrogen-bond donors (Lipinski definition) is 1. The van der Waals surface area contributed by atoms with Crippen molar-refractivity contribution in [3.8, 4) is 0 Å². The Morgan fingerprint density at radius 1 is 0.758 bits per heavy atom. The summed E-state index contributed by atoms with van der Waals surface area (Å²) in [6.45, 7) is 2.76. The average Bonchev–Trinajstić information content (AvgIpc) is 3.26. The highest BCUT2D eigenvalue weighted by molar-refractivity contribution is 5.87. The first-order chi connectivity index (χ1) is 16.2. The van der Waals surface area contributed by atoms with Gasteiger partial charge in [0, 0.05) is 6.42 Å².